The van der Waals surface area contributed by atoms with Crippen LogP contribution in [-0.2, 0) is 9.59 Å². The number of amides is 1. The second kappa shape index (κ2) is 9.66. The molecule has 0 bridgehead atoms. The lowest BCUT2D eigenvalue weighted by atomic mass is 9.94. The molecule has 35 heavy (non-hydrogen) atoms. The zero-order valence-corrected chi connectivity index (χ0v) is 20.2. The highest BCUT2D eigenvalue weighted by Gasteiger charge is 2.47. The first-order chi connectivity index (χ1) is 16.7. The zero-order valence-electron chi connectivity index (χ0n) is 20.2. The molecule has 0 aromatic heterocycles. The van der Waals surface area contributed by atoms with Crippen molar-refractivity contribution in [2.24, 2.45) is 0 Å². The summed E-state index contributed by atoms with van der Waals surface area (Å²) >= 11 is 0. The fraction of sp³-hybridized carbons (Fsp3) is 0.241. The molecule has 0 radical (unpaired) electrons. The van der Waals surface area contributed by atoms with Crippen molar-refractivity contribution in [2.45, 2.75) is 45.8 Å². The maximum absolute atomic E-state index is 13.3. The lowest BCUT2D eigenvalue weighted by Crippen LogP contribution is -2.29. The van der Waals surface area contributed by atoms with Crippen LogP contribution in [0.15, 0.2) is 78.4 Å². The lowest BCUT2D eigenvalue weighted by molar-refractivity contribution is -0.132. The Morgan fingerprint density at radius 2 is 1.57 bits per heavy atom. The number of ketones is 1. The summed E-state index contributed by atoms with van der Waals surface area (Å²) in [4.78, 5) is 27.9. The zero-order chi connectivity index (χ0) is 25.3. The van der Waals surface area contributed by atoms with Crippen molar-refractivity contribution >= 4 is 23.1 Å². The van der Waals surface area contributed by atoms with Crippen molar-refractivity contribution in [1.82, 2.24) is 0 Å². The number of phenolic OH excluding ortho intramolecular Hbond substituents is 1. The number of aliphatic hydroxyl groups excluding tert-OH is 1. The highest BCUT2D eigenvalue weighted by Crippen LogP contribution is 2.43. The number of carbonyl (C=O) groups is 2. The van der Waals surface area contributed by atoms with E-state index in [9.17, 15) is 19.8 Å². The third kappa shape index (κ3) is 4.78. The molecule has 0 aliphatic carbocycles. The van der Waals surface area contributed by atoms with Crippen LogP contribution in [0.1, 0.15) is 56.3 Å². The fourth-order valence-electron chi connectivity index (χ4n) is 4.25. The molecule has 1 saturated heterocycles. The van der Waals surface area contributed by atoms with Gasteiger partial charge < -0.3 is 14.9 Å². The van der Waals surface area contributed by atoms with Gasteiger partial charge in [-0.3, -0.25) is 14.5 Å². The van der Waals surface area contributed by atoms with E-state index in [-0.39, 0.29) is 23.2 Å². The van der Waals surface area contributed by atoms with Gasteiger partial charge in [-0.1, -0.05) is 38.1 Å². The normalized spacial score (nSPS) is 17.4. The summed E-state index contributed by atoms with van der Waals surface area (Å²) in [7, 11) is 0. The van der Waals surface area contributed by atoms with Gasteiger partial charge in [-0.2, -0.15) is 0 Å². The largest absolute Gasteiger partial charge is 0.508 e. The number of aliphatic hydroxyl groups is 1. The molecule has 1 unspecified atom stereocenters. The third-order valence-electron chi connectivity index (χ3n) is 5.97. The maximum Gasteiger partial charge on any atom is 0.300 e. The Bertz CT molecular complexity index is 1270. The summed E-state index contributed by atoms with van der Waals surface area (Å²) in [5.74, 6) is -0.869. The van der Waals surface area contributed by atoms with Crippen LogP contribution in [0.3, 0.4) is 0 Å². The van der Waals surface area contributed by atoms with Gasteiger partial charge in [-0.05, 0) is 79.4 Å². The standard InChI is InChI=1S/C29H29NO5/c1-17(2)19-8-12-22(13-9-19)30-26(21-6-5-7-23(31)16-21)25(28(33)29(30)34)27(32)20-10-14-24(15-11-20)35-18(3)4/h5-18,26,31-32H,1-4H3/b27-25-. The van der Waals surface area contributed by atoms with Crippen LogP contribution in [-0.4, -0.2) is 28.0 Å². The monoisotopic (exact) mass is 471 g/mol. The fourth-order valence-corrected chi connectivity index (χ4v) is 4.25. The Balaban J connectivity index is 1.85. The van der Waals surface area contributed by atoms with Crippen LogP contribution in [0.25, 0.3) is 5.76 Å². The molecule has 0 saturated carbocycles. The Morgan fingerprint density at radius 3 is 2.14 bits per heavy atom. The number of phenols is 1. The van der Waals surface area contributed by atoms with Gasteiger partial charge in [0.1, 0.15) is 17.3 Å². The quantitative estimate of drug-likeness (QED) is 0.264. The van der Waals surface area contributed by atoms with Crippen LogP contribution in [0.2, 0.25) is 0 Å². The minimum Gasteiger partial charge on any atom is -0.508 e. The SMILES string of the molecule is CC(C)Oc1ccc(/C(O)=C2/C(=O)C(=O)N(c3ccc(C(C)C)cc3)C2c2cccc(O)c2)cc1. The van der Waals surface area contributed by atoms with E-state index in [1.165, 1.54) is 17.0 Å². The number of hydrogen-bond donors (Lipinski definition) is 2. The topological polar surface area (TPSA) is 87.1 Å². The van der Waals surface area contributed by atoms with E-state index in [0.717, 1.165) is 5.56 Å². The Labute approximate surface area is 205 Å². The van der Waals surface area contributed by atoms with Crippen molar-refractivity contribution in [3.05, 3.63) is 95.1 Å². The van der Waals surface area contributed by atoms with Gasteiger partial charge in [0.15, 0.2) is 0 Å². The summed E-state index contributed by atoms with van der Waals surface area (Å²) in [5.41, 5.74) is 2.50. The summed E-state index contributed by atoms with van der Waals surface area (Å²) in [5, 5.41) is 21.4. The number of carbonyl (C=O) groups excluding carboxylic acids is 2. The van der Waals surface area contributed by atoms with E-state index in [4.69, 9.17) is 4.74 Å². The number of aromatic hydroxyl groups is 1. The molecule has 1 atom stereocenters. The molecule has 3 aromatic carbocycles. The van der Waals surface area contributed by atoms with E-state index < -0.39 is 17.7 Å². The van der Waals surface area contributed by atoms with E-state index in [0.29, 0.717) is 28.5 Å². The maximum atomic E-state index is 13.3. The highest BCUT2D eigenvalue weighted by molar-refractivity contribution is 6.51. The molecule has 0 spiro atoms. The number of hydrogen-bond acceptors (Lipinski definition) is 5. The summed E-state index contributed by atoms with van der Waals surface area (Å²) in [6, 6.07) is 19.6. The van der Waals surface area contributed by atoms with Gasteiger partial charge in [0.05, 0.1) is 17.7 Å². The molecule has 1 fully saturated rings. The van der Waals surface area contributed by atoms with Crippen molar-refractivity contribution < 1.29 is 24.5 Å². The average Bonchev–Trinajstić information content (AvgIpc) is 3.09. The third-order valence-corrected chi connectivity index (χ3v) is 5.97. The minimum absolute atomic E-state index is 0.00145. The smallest absolute Gasteiger partial charge is 0.300 e. The summed E-state index contributed by atoms with van der Waals surface area (Å²) in [6.45, 7) is 7.98. The van der Waals surface area contributed by atoms with Gasteiger partial charge in [-0.15, -0.1) is 0 Å². The first-order valence-electron chi connectivity index (χ1n) is 11.6. The number of benzene rings is 3. The van der Waals surface area contributed by atoms with Gasteiger partial charge in [-0.25, -0.2) is 0 Å². The second-order valence-electron chi connectivity index (χ2n) is 9.20. The number of Topliss-reactive ketones (excluding diaryl/α,β-unsaturated/α-hetero) is 1. The van der Waals surface area contributed by atoms with Crippen molar-refractivity contribution in [2.75, 3.05) is 4.90 Å². The Morgan fingerprint density at radius 1 is 0.914 bits per heavy atom. The number of rotatable bonds is 6. The van der Waals surface area contributed by atoms with Crippen LogP contribution < -0.4 is 9.64 Å². The summed E-state index contributed by atoms with van der Waals surface area (Å²) < 4.78 is 5.66. The van der Waals surface area contributed by atoms with Crippen LogP contribution in [0.4, 0.5) is 5.69 Å². The number of anilines is 1. The Hall–Kier alpha value is -4.06. The molecule has 180 valence electrons. The summed E-state index contributed by atoms with van der Waals surface area (Å²) in [6.07, 6.45) is -0.00684. The molecule has 6 heteroatoms. The van der Waals surface area contributed by atoms with E-state index >= 15 is 0 Å². The number of nitrogens with zero attached hydrogens (tertiary/aromatic N) is 1. The van der Waals surface area contributed by atoms with Crippen LogP contribution in [0.5, 0.6) is 11.5 Å². The molecule has 1 aliphatic rings. The predicted octanol–water partition coefficient (Wildman–Crippen LogP) is 5.93. The molecule has 1 aliphatic heterocycles. The van der Waals surface area contributed by atoms with E-state index in [2.05, 4.69) is 13.8 Å². The lowest BCUT2D eigenvalue weighted by Gasteiger charge is -2.26. The van der Waals surface area contributed by atoms with Gasteiger partial charge in [0.25, 0.3) is 11.7 Å². The molecular formula is C29H29NO5. The van der Waals surface area contributed by atoms with Crippen molar-refractivity contribution in [3.63, 3.8) is 0 Å². The van der Waals surface area contributed by atoms with Gasteiger partial charge >= 0.3 is 0 Å². The molecule has 2 N–H and O–H groups in total. The minimum atomic E-state index is -0.904. The van der Waals surface area contributed by atoms with Crippen LogP contribution >= 0.6 is 0 Å². The first kappa shape index (κ1) is 24.1. The molecule has 1 amide bonds. The highest BCUT2D eigenvalue weighted by atomic mass is 16.5. The predicted molar refractivity (Wildman–Crippen MR) is 136 cm³/mol. The molecule has 6 nitrogen and oxygen atoms in total. The van der Waals surface area contributed by atoms with E-state index in [1.807, 2.05) is 26.0 Å². The first-order valence-corrected chi connectivity index (χ1v) is 11.6. The molecule has 4 rings (SSSR count). The van der Waals surface area contributed by atoms with Gasteiger partial charge in [0, 0.05) is 11.3 Å². The van der Waals surface area contributed by atoms with Crippen LogP contribution in [0, 0.1) is 0 Å². The van der Waals surface area contributed by atoms with Crippen molar-refractivity contribution in [1.29, 1.82) is 0 Å². The molecule has 1 heterocycles. The number of ether oxygens (including phenoxy) is 1. The average molecular weight is 472 g/mol. The Kier molecular flexibility index (Phi) is 6.65. The van der Waals surface area contributed by atoms with Crippen molar-refractivity contribution in [3.8, 4) is 11.5 Å². The molecular weight excluding hydrogens is 442 g/mol. The van der Waals surface area contributed by atoms with Gasteiger partial charge in [0.2, 0.25) is 0 Å². The molecule has 3 aromatic rings. The van der Waals surface area contributed by atoms with E-state index in [1.54, 1.807) is 48.5 Å². The second-order valence-corrected chi connectivity index (χ2v) is 9.20.